The average Bonchev–Trinajstić information content (AvgIpc) is 2.31. The number of anilines is 1. The zero-order chi connectivity index (χ0) is 15.7. The Labute approximate surface area is 115 Å². The number of halogens is 2. The largest absolute Gasteiger partial charge is 0.396 e. The fourth-order valence-corrected chi connectivity index (χ4v) is 2.78. The van der Waals surface area contributed by atoms with Crippen molar-refractivity contribution >= 4 is 21.6 Å². The summed E-state index contributed by atoms with van der Waals surface area (Å²) in [6, 6.07) is -0.0528. The summed E-state index contributed by atoms with van der Waals surface area (Å²) in [6.45, 7) is 1.31. The lowest BCUT2D eigenvalue weighted by Gasteiger charge is -2.18. The van der Waals surface area contributed by atoms with E-state index in [0.717, 1.165) is 0 Å². The predicted molar refractivity (Wildman–Crippen MR) is 69.2 cm³/mol. The summed E-state index contributed by atoms with van der Waals surface area (Å²) in [5.74, 6) is -2.85. The van der Waals surface area contributed by atoms with E-state index in [1.807, 2.05) is 4.72 Å². The first-order chi connectivity index (χ1) is 9.06. The Morgan fingerprint density at radius 1 is 1.30 bits per heavy atom. The molecule has 0 saturated carbocycles. The molecule has 6 nitrogen and oxygen atoms in total. The summed E-state index contributed by atoms with van der Waals surface area (Å²) in [6.07, 6.45) is 0. The van der Waals surface area contributed by atoms with Crippen molar-refractivity contribution < 1.29 is 22.0 Å². The van der Waals surface area contributed by atoms with E-state index in [0.29, 0.717) is 12.1 Å². The number of nitrogens with two attached hydrogens (primary N) is 1. The molecule has 0 saturated heterocycles. The molecule has 0 fully saturated rings. The molecule has 20 heavy (non-hydrogen) atoms. The summed E-state index contributed by atoms with van der Waals surface area (Å²) >= 11 is 0. The topological polar surface area (TPSA) is 92.5 Å². The fraction of sp³-hybridized carbons (Fsp3) is 0.364. The highest BCUT2D eigenvalue weighted by Gasteiger charge is 2.26. The monoisotopic (exact) mass is 307 g/mol. The van der Waals surface area contributed by atoms with Gasteiger partial charge in [-0.05, 0) is 13.0 Å². The molecule has 1 atom stereocenters. The minimum Gasteiger partial charge on any atom is -0.396 e. The van der Waals surface area contributed by atoms with Gasteiger partial charge in [0.2, 0.25) is 15.9 Å². The Hall–Kier alpha value is -1.74. The zero-order valence-electron chi connectivity index (χ0n) is 11.1. The van der Waals surface area contributed by atoms with Gasteiger partial charge in [0.05, 0.1) is 11.7 Å². The van der Waals surface area contributed by atoms with E-state index in [9.17, 15) is 22.0 Å². The van der Waals surface area contributed by atoms with E-state index in [1.54, 1.807) is 0 Å². The van der Waals surface area contributed by atoms with Crippen LogP contribution in [-0.2, 0) is 14.8 Å². The van der Waals surface area contributed by atoms with E-state index >= 15 is 0 Å². The first kappa shape index (κ1) is 16.3. The third kappa shape index (κ3) is 3.42. The number of nitrogen functional groups attached to an aromatic ring is 1. The molecule has 1 rings (SSSR count). The molecule has 1 aromatic rings. The van der Waals surface area contributed by atoms with Crippen LogP contribution in [0.1, 0.15) is 6.92 Å². The first-order valence-electron chi connectivity index (χ1n) is 5.54. The number of rotatable bonds is 4. The van der Waals surface area contributed by atoms with Crippen molar-refractivity contribution in [1.82, 2.24) is 9.62 Å². The van der Waals surface area contributed by atoms with Crippen molar-refractivity contribution in [2.75, 3.05) is 19.8 Å². The summed E-state index contributed by atoms with van der Waals surface area (Å²) < 4.78 is 52.4. The van der Waals surface area contributed by atoms with Gasteiger partial charge in [0.1, 0.15) is 16.5 Å². The lowest BCUT2D eigenvalue weighted by atomic mass is 10.3. The van der Waals surface area contributed by atoms with Gasteiger partial charge in [-0.2, -0.15) is 4.72 Å². The highest BCUT2D eigenvalue weighted by molar-refractivity contribution is 7.89. The molecule has 0 bridgehead atoms. The van der Waals surface area contributed by atoms with Crippen LogP contribution < -0.4 is 10.5 Å². The minimum absolute atomic E-state index is 0.377. The maximum Gasteiger partial charge on any atom is 0.244 e. The summed E-state index contributed by atoms with van der Waals surface area (Å²) in [5, 5.41) is 0. The molecule has 0 heterocycles. The van der Waals surface area contributed by atoms with E-state index in [1.165, 1.54) is 25.9 Å². The van der Waals surface area contributed by atoms with Gasteiger partial charge in [-0.1, -0.05) is 0 Å². The summed E-state index contributed by atoms with van der Waals surface area (Å²) in [4.78, 5) is 12.0. The van der Waals surface area contributed by atoms with Crippen molar-refractivity contribution in [1.29, 1.82) is 0 Å². The highest BCUT2D eigenvalue weighted by Crippen LogP contribution is 2.21. The number of sulfonamides is 1. The Morgan fingerprint density at radius 2 is 1.85 bits per heavy atom. The van der Waals surface area contributed by atoms with Crippen LogP contribution in [0.2, 0.25) is 0 Å². The molecular formula is C11H15F2N3O3S. The van der Waals surface area contributed by atoms with E-state index in [4.69, 9.17) is 5.73 Å². The maximum atomic E-state index is 13.5. The zero-order valence-corrected chi connectivity index (χ0v) is 12.0. The second kappa shape index (κ2) is 5.71. The average molecular weight is 307 g/mol. The van der Waals surface area contributed by atoms with Crippen LogP contribution in [0.5, 0.6) is 0 Å². The number of hydrogen-bond acceptors (Lipinski definition) is 4. The summed E-state index contributed by atoms with van der Waals surface area (Å²) in [7, 11) is -1.43. The van der Waals surface area contributed by atoms with Gasteiger partial charge in [-0.25, -0.2) is 17.2 Å². The Kier molecular flexibility index (Phi) is 4.66. The quantitative estimate of drug-likeness (QED) is 0.783. The number of carbonyl (C=O) groups is 1. The molecule has 112 valence electrons. The SMILES string of the molecule is CC(NS(=O)(=O)c1cc(N)c(F)cc1F)C(=O)N(C)C. The van der Waals surface area contributed by atoms with Crippen LogP contribution >= 0.6 is 0 Å². The van der Waals surface area contributed by atoms with Crippen LogP contribution in [0.3, 0.4) is 0 Å². The molecule has 0 spiro atoms. The van der Waals surface area contributed by atoms with Gasteiger partial charge >= 0.3 is 0 Å². The molecule has 1 aromatic carbocycles. The molecule has 3 N–H and O–H groups in total. The molecule has 0 radical (unpaired) electrons. The molecule has 0 aliphatic rings. The molecule has 9 heteroatoms. The summed E-state index contributed by atoms with van der Waals surface area (Å²) in [5.41, 5.74) is 4.71. The van der Waals surface area contributed by atoms with Crippen LogP contribution in [0.15, 0.2) is 17.0 Å². The van der Waals surface area contributed by atoms with Crippen molar-refractivity contribution in [3.05, 3.63) is 23.8 Å². The third-order valence-corrected chi connectivity index (χ3v) is 4.04. The van der Waals surface area contributed by atoms with E-state index in [2.05, 4.69) is 0 Å². The number of carbonyl (C=O) groups excluding carboxylic acids is 1. The van der Waals surface area contributed by atoms with Gasteiger partial charge < -0.3 is 10.6 Å². The Balaban J connectivity index is 3.12. The number of benzene rings is 1. The molecule has 0 aromatic heterocycles. The highest BCUT2D eigenvalue weighted by atomic mass is 32.2. The Bertz CT molecular complexity index is 632. The number of nitrogens with one attached hydrogen (secondary N) is 1. The van der Waals surface area contributed by atoms with Crippen LogP contribution in [0, 0.1) is 11.6 Å². The van der Waals surface area contributed by atoms with Gasteiger partial charge in [-0.15, -0.1) is 0 Å². The van der Waals surface area contributed by atoms with Crippen molar-refractivity contribution in [3.63, 3.8) is 0 Å². The smallest absolute Gasteiger partial charge is 0.244 e. The third-order valence-electron chi connectivity index (χ3n) is 2.48. The van der Waals surface area contributed by atoms with Crippen LogP contribution in [0.4, 0.5) is 14.5 Å². The predicted octanol–water partition coefficient (Wildman–Crippen LogP) is 0.302. The van der Waals surface area contributed by atoms with E-state index in [-0.39, 0.29) is 0 Å². The fourth-order valence-electron chi connectivity index (χ4n) is 1.48. The van der Waals surface area contributed by atoms with Crippen molar-refractivity contribution in [3.8, 4) is 0 Å². The second-order valence-corrected chi connectivity index (χ2v) is 6.06. The molecule has 1 amide bonds. The standard InChI is InChI=1S/C11H15F2N3O3S/c1-6(11(17)16(2)3)15-20(18,19)10-5-9(14)7(12)4-8(10)13/h4-6,15H,14H2,1-3H3. The minimum atomic E-state index is -4.33. The van der Waals surface area contributed by atoms with Gasteiger partial charge in [0, 0.05) is 20.2 Å². The number of likely N-dealkylation sites (N-methyl/N-ethyl adjacent to an activating group) is 1. The maximum absolute atomic E-state index is 13.5. The van der Waals surface area contributed by atoms with Gasteiger partial charge in [-0.3, -0.25) is 4.79 Å². The van der Waals surface area contributed by atoms with Gasteiger partial charge in [0.25, 0.3) is 0 Å². The van der Waals surface area contributed by atoms with E-state index < -0.39 is 44.2 Å². The lowest BCUT2D eigenvalue weighted by molar-refractivity contribution is -0.130. The number of hydrogen-bond donors (Lipinski definition) is 2. The van der Waals surface area contributed by atoms with Crippen molar-refractivity contribution in [2.45, 2.75) is 17.9 Å². The first-order valence-corrected chi connectivity index (χ1v) is 7.02. The number of amides is 1. The van der Waals surface area contributed by atoms with Crippen LogP contribution in [-0.4, -0.2) is 39.4 Å². The number of nitrogens with zero attached hydrogens (tertiary/aromatic N) is 1. The molecule has 1 unspecified atom stereocenters. The van der Waals surface area contributed by atoms with Gasteiger partial charge in [0.15, 0.2) is 0 Å². The second-order valence-electron chi connectivity index (χ2n) is 4.38. The van der Waals surface area contributed by atoms with Crippen molar-refractivity contribution in [2.24, 2.45) is 0 Å². The molecular weight excluding hydrogens is 292 g/mol. The lowest BCUT2D eigenvalue weighted by Crippen LogP contribution is -2.44. The normalized spacial score (nSPS) is 13.1. The molecule has 0 aliphatic heterocycles. The Morgan fingerprint density at radius 3 is 2.35 bits per heavy atom. The molecule has 0 aliphatic carbocycles. The van der Waals surface area contributed by atoms with Crippen LogP contribution in [0.25, 0.3) is 0 Å².